The molecule has 1 aliphatic heterocycles. The second kappa shape index (κ2) is 5.07. The zero-order valence-electron chi connectivity index (χ0n) is 12.3. The SMILES string of the molecule is CC1CN(Cc2nc3ccc(N)cc3o2)CC(C)N1C. The lowest BCUT2D eigenvalue weighted by atomic mass is 10.1. The molecule has 0 spiro atoms. The summed E-state index contributed by atoms with van der Waals surface area (Å²) in [5.74, 6) is 0.773. The number of likely N-dealkylation sites (N-methyl/N-ethyl adjacent to an activating group) is 1. The Morgan fingerprint density at radius 3 is 2.70 bits per heavy atom. The molecule has 0 amide bonds. The van der Waals surface area contributed by atoms with Crippen molar-refractivity contribution in [3.05, 3.63) is 24.1 Å². The van der Waals surface area contributed by atoms with Crippen LogP contribution < -0.4 is 5.73 Å². The Morgan fingerprint density at radius 1 is 1.30 bits per heavy atom. The molecule has 20 heavy (non-hydrogen) atoms. The van der Waals surface area contributed by atoms with Crippen LogP contribution >= 0.6 is 0 Å². The molecule has 1 aromatic carbocycles. The van der Waals surface area contributed by atoms with Gasteiger partial charge in [0.2, 0.25) is 5.89 Å². The van der Waals surface area contributed by atoms with E-state index in [1.165, 1.54) is 0 Å². The van der Waals surface area contributed by atoms with Crippen LogP contribution in [0.15, 0.2) is 22.6 Å². The third-order valence-electron chi connectivity index (χ3n) is 4.25. The van der Waals surface area contributed by atoms with Crippen molar-refractivity contribution >= 4 is 16.8 Å². The predicted octanol–water partition coefficient (Wildman–Crippen LogP) is 1.93. The third-order valence-corrected chi connectivity index (χ3v) is 4.25. The Labute approximate surface area is 119 Å². The van der Waals surface area contributed by atoms with Gasteiger partial charge in [-0.3, -0.25) is 9.80 Å². The smallest absolute Gasteiger partial charge is 0.209 e. The van der Waals surface area contributed by atoms with E-state index in [2.05, 4.69) is 35.7 Å². The van der Waals surface area contributed by atoms with Crippen LogP contribution in [-0.4, -0.2) is 47.0 Å². The molecule has 1 fully saturated rings. The molecule has 3 rings (SSSR count). The lowest BCUT2D eigenvalue weighted by Crippen LogP contribution is -2.54. The maximum atomic E-state index is 5.80. The first-order valence-electron chi connectivity index (χ1n) is 7.12. The largest absolute Gasteiger partial charge is 0.439 e. The van der Waals surface area contributed by atoms with Gasteiger partial charge < -0.3 is 10.2 Å². The van der Waals surface area contributed by atoms with Gasteiger partial charge in [-0.15, -0.1) is 0 Å². The molecule has 108 valence electrons. The normalized spacial score (nSPS) is 25.4. The Bertz CT molecular complexity index is 597. The number of hydrogen-bond acceptors (Lipinski definition) is 5. The number of nitrogens with zero attached hydrogens (tertiary/aromatic N) is 3. The first-order valence-corrected chi connectivity index (χ1v) is 7.12. The number of aromatic nitrogens is 1. The highest BCUT2D eigenvalue weighted by atomic mass is 16.3. The number of benzene rings is 1. The summed E-state index contributed by atoms with van der Waals surface area (Å²) in [6.45, 7) is 7.37. The number of hydrogen-bond donors (Lipinski definition) is 1. The van der Waals surface area contributed by atoms with Gasteiger partial charge in [0, 0.05) is 36.9 Å². The Hall–Kier alpha value is -1.59. The summed E-state index contributed by atoms with van der Waals surface area (Å²) in [5.41, 5.74) is 8.13. The Morgan fingerprint density at radius 2 is 2.00 bits per heavy atom. The molecule has 2 N–H and O–H groups in total. The van der Waals surface area contributed by atoms with Gasteiger partial charge in [0.15, 0.2) is 5.58 Å². The van der Waals surface area contributed by atoms with Gasteiger partial charge >= 0.3 is 0 Å². The summed E-state index contributed by atoms with van der Waals surface area (Å²) in [6, 6.07) is 6.71. The van der Waals surface area contributed by atoms with Gasteiger partial charge in [0.1, 0.15) is 5.52 Å². The van der Waals surface area contributed by atoms with Crippen LogP contribution in [0.4, 0.5) is 5.69 Å². The topological polar surface area (TPSA) is 58.5 Å². The molecule has 0 saturated carbocycles. The highest BCUT2D eigenvalue weighted by Gasteiger charge is 2.27. The van der Waals surface area contributed by atoms with E-state index >= 15 is 0 Å². The summed E-state index contributed by atoms with van der Waals surface area (Å²) in [4.78, 5) is 9.37. The minimum Gasteiger partial charge on any atom is -0.439 e. The van der Waals surface area contributed by atoms with Crippen LogP contribution in [-0.2, 0) is 6.54 Å². The number of fused-ring (bicyclic) bond motifs is 1. The minimum atomic E-state index is 0.554. The molecule has 2 atom stereocenters. The molecular weight excluding hydrogens is 252 g/mol. The Kier molecular flexibility index (Phi) is 3.40. The second-order valence-corrected chi connectivity index (χ2v) is 5.89. The molecule has 2 heterocycles. The van der Waals surface area contributed by atoms with Gasteiger partial charge in [0.05, 0.1) is 6.54 Å². The fraction of sp³-hybridized carbons (Fsp3) is 0.533. The average Bonchev–Trinajstić information content (AvgIpc) is 2.77. The average molecular weight is 274 g/mol. The molecule has 1 aliphatic rings. The van der Waals surface area contributed by atoms with Gasteiger partial charge in [0.25, 0.3) is 0 Å². The zero-order valence-corrected chi connectivity index (χ0v) is 12.3. The fourth-order valence-electron chi connectivity index (χ4n) is 2.89. The lowest BCUT2D eigenvalue weighted by molar-refractivity contribution is 0.0511. The first kappa shape index (κ1) is 13.4. The molecule has 2 aromatic rings. The van der Waals surface area contributed by atoms with Crippen molar-refractivity contribution in [2.45, 2.75) is 32.5 Å². The summed E-state index contributed by atoms with van der Waals surface area (Å²) in [7, 11) is 2.19. The molecule has 1 saturated heterocycles. The highest BCUT2D eigenvalue weighted by Crippen LogP contribution is 2.21. The summed E-state index contributed by atoms with van der Waals surface area (Å²) >= 11 is 0. The molecule has 5 nitrogen and oxygen atoms in total. The molecule has 2 unspecified atom stereocenters. The van der Waals surface area contributed by atoms with Crippen LogP contribution in [0.5, 0.6) is 0 Å². The van der Waals surface area contributed by atoms with E-state index in [1.54, 1.807) is 0 Å². The quantitative estimate of drug-likeness (QED) is 0.848. The predicted molar refractivity (Wildman–Crippen MR) is 80.4 cm³/mol. The van der Waals surface area contributed by atoms with E-state index < -0.39 is 0 Å². The number of rotatable bonds is 2. The molecule has 5 heteroatoms. The molecular formula is C15H22N4O. The van der Waals surface area contributed by atoms with Crippen molar-refractivity contribution in [1.82, 2.24) is 14.8 Å². The Balaban J connectivity index is 1.76. The van der Waals surface area contributed by atoms with Gasteiger partial charge in [-0.05, 0) is 33.0 Å². The third kappa shape index (κ3) is 2.51. The molecule has 0 radical (unpaired) electrons. The molecule has 0 bridgehead atoms. The van der Waals surface area contributed by atoms with Crippen LogP contribution in [0.2, 0.25) is 0 Å². The monoisotopic (exact) mass is 274 g/mol. The molecule has 0 aliphatic carbocycles. The van der Waals surface area contributed by atoms with Crippen LogP contribution in [0.3, 0.4) is 0 Å². The highest BCUT2D eigenvalue weighted by molar-refractivity contribution is 5.76. The van der Waals surface area contributed by atoms with E-state index in [-0.39, 0.29) is 0 Å². The maximum Gasteiger partial charge on any atom is 0.209 e. The number of oxazole rings is 1. The summed E-state index contributed by atoms with van der Waals surface area (Å²) in [6.07, 6.45) is 0. The summed E-state index contributed by atoms with van der Waals surface area (Å²) < 4.78 is 5.80. The van der Waals surface area contributed by atoms with Gasteiger partial charge in [-0.25, -0.2) is 4.98 Å². The van der Waals surface area contributed by atoms with E-state index in [9.17, 15) is 0 Å². The van der Waals surface area contributed by atoms with Crippen LogP contribution in [0.25, 0.3) is 11.1 Å². The standard InChI is InChI=1S/C15H22N4O/c1-10-7-19(8-11(2)18(10)3)9-15-17-13-5-4-12(16)6-14(13)20-15/h4-6,10-11H,7-9,16H2,1-3H3. The number of anilines is 1. The minimum absolute atomic E-state index is 0.554. The number of nitrogens with two attached hydrogens (primary N) is 1. The summed E-state index contributed by atoms with van der Waals surface area (Å²) in [5, 5.41) is 0. The van der Waals surface area contributed by atoms with E-state index in [0.29, 0.717) is 17.8 Å². The molecule has 1 aromatic heterocycles. The van der Waals surface area contributed by atoms with Crippen molar-refractivity contribution in [2.75, 3.05) is 25.9 Å². The van der Waals surface area contributed by atoms with E-state index in [4.69, 9.17) is 10.2 Å². The lowest BCUT2D eigenvalue weighted by Gasteiger charge is -2.41. The van der Waals surface area contributed by atoms with E-state index in [1.807, 2.05) is 18.2 Å². The number of nitrogen functional groups attached to an aromatic ring is 1. The van der Waals surface area contributed by atoms with Crippen molar-refractivity contribution in [3.63, 3.8) is 0 Å². The van der Waals surface area contributed by atoms with E-state index in [0.717, 1.165) is 36.6 Å². The van der Waals surface area contributed by atoms with Crippen molar-refractivity contribution in [2.24, 2.45) is 0 Å². The van der Waals surface area contributed by atoms with Gasteiger partial charge in [-0.2, -0.15) is 0 Å². The zero-order chi connectivity index (χ0) is 14.3. The fourth-order valence-corrected chi connectivity index (χ4v) is 2.89. The number of piperazine rings is 1. The van der Waals surface area contributed by atoms with Crippen molar-refractivity contribution < 1.29 is 4.42 Å². The second-order valence-electron chi connectivity index (χ2n) is 5.89. The van der Waals surface area contributed by atoms with Crippen LogP contribution in [0.1, 0.15) is 19.7 Å². The van der Waals surface area contributed by atoms with Crippen molar-refractivity contribution in [3.8, 4) is 0 Å². The van der Waals surface area contributed by atoms with Gasteiger partial charge in [-0.1, -0.05) is 0 Å². The van der Waals surface area contributed by atoms with Crippen molar-refractivity contribution in [1.29, 1.82) is 0 Å². The first-order chi connectivity index (χ1) is 9.52. The van der Waals surface area contributed by atoms with Crippen LogP contribution in [0, 0.1) is 0 Å². The maximum absolute atomic E-state index is 5.80.